The summed E-state index contributed by atoms with van der Waals surface area (Å²) in [7, 11) is 1.34. The van der Waals surface area contributed by atoms with Gasteiger partial charge in [-0.15, -0.1) is 0 Å². The van der Waals surface area contributed by atoms with Crippen molar-refractivity contribution in [2.24, 2.45) is 12.8 Å². The minimum absolute atomic E-state index is 0.0424. The highest BCUT2D eigenvalue weighted by atomic mass is 19.4. The Bertz CT molecular complexity index is 1060. The van der Waals surface area contributed by atoms with Gasteiger partial charge in [0.1, 0.15) is 11.4 Å². The van der Waals surface area contributed by atoms with E-state index in [-0.39, 0.29) is 17.3 Å². The van der Waals surface area contributed by atoms with E-state index in [2.05, 4.69) is 20.5 Å². The molecule has 3 aromatic rings. The molecule has 3 N–H and O–H groups in total. The number of alkyl halides is 3. The summed E-state index contributed by atoms with van der Waals surface area (Å²) in [4.78, 5) is 19.2. The van der Waals surface area contributed by atoms with Crippen molar-refractivity contribution in [2.75, 3.05) is 23.3 Å². The van der Waals surface area contributed by atoms with Crippen molar-refractivity contribution in [2.45, 2.75) is 25.1 Å². The highest BCUT2D eigenvalue weighted by Gasteiger charge is 2.38. The molecule has 1 amide bonds. The van der Waals surface area contributed by atoms with Crippen LogP contribution in [-0.2, 0) is 13.2 Å². The van der Waals surface area contributed by atoms with E-state index in [0.29, 0.717) is 12.4 Å². The third-order valence-electron chi connectivity index (χ3n) is 4.73. The fourth-order valence-electron chi connectivity index (χ4n) is 3.39. The Morgan fingerprint density at radius 1 is 1.38 bits per heavy atom. The van der Waals surface area contributed by atoms with Gasteiger partial charge in [-0.3, -0.25) is 9.48 Å². The van der Waals surface area contributed by atoms with E-state index >= 15 is 0 Å². The van der Waals surface area contributed by atoms with E-state index in [0.717, 1.165) is 30.3 Å². The van der Waals surface area contributed by atoms with Gasteiger partial charge in [0, 0.05) is 38.6 Å². The minimum atomic E-state index is -4.69. The Morgan fingerprint density at radius 3 is 2.90 bits per heavy atom. The number of nitrogens with zero attached hydrogens (tertiary/aromatic N) is 6. The summed E-state index contributed by atoms with van der Waals surface area (Å²) in [6.07, 6.45) is 1.20. The molecule has 1 atom stereocenters. The summed E-state index contributed by atoms with van der Waals surface area (Å²) >= 11 is 0. The van der Waals surface area contributed by atoms with E-state index in [4.69, 9.17) is 5.73 Å². The van der Waals surface area contributed by atoms with Gasteiger partial charge in [0.05, 0.1) is 11.9 Å². The third-order valence-corrected chi connectivity index (χ3v) is 4.73. The number of aromatic nitrogens is 5. The molecule has 1 unspecified atom stereocenters. The SMILES string of the molecule is Cn1cc(NC(=O)c2cnn3ccc(N4CCCC(N)C4)nc23)c(C(F)(F)F)n1. The average Bonchev–Trinajstić information content (AvgIpc) is 3.24. The van der Waals surface area contributed by atoms with Gasteiger partial charge in [0.15, 0.2) is 11.3 Å². The molecule has 4 heterocycles. The van der Waals surface area contributed by atoms with Crippen LogP contribution in [0.4, 0.5) is 24.7 Å². The Kier molecular flexibility index (Phi) is 4.65. The number of rotatable bonds is 3. The molecular formula is C17H19F3N8O. The van der Waals surface area contributed by atoms with Gasteiger partial charge in [-0.05, 0) is 18.9 Å². The lowest BCUT2D eigenvalue weighted by atomic mass is 10.1. The van der Waals surface area contributed by atoms with Gasteiger partial charge in [0.2, 0.25) is 0 Å². The minimum Gasteiger partial charge on any atom is -0.355 e. The number of piperidine rings is 1. The van der Waals surface area contributed by atoms with Gasteiger partial charge < -0.3 is 16.0 Å². The number of carbonyl (C=O) groups is 1. The number of nitrogens with one attached hydrogen (secondary N) is 1. The zero-order valence-corrected chi connectivity index (χ0v) is 15.5. The molecule has 0 aromatic carbocycles. The highest BCUT2D eigenvalue weighted by molar-refractivity contribution is 6.08. The highest BCUT2D eigenvalue weighted by Crippen LogP contribution is 2.33. The molecule has 1 saturated heterocycles. The molecule has 0 radical (unpaired) electrons. The zero-order chi connectivity index (χ0) is 20.8. The quantitative estimate of drug-likeness (QED) is 0.683. The second-order valence-electron chi connectivity index (χ2n) is 6.98. The van der Waals surface area contributed by atoms with E-state index < -0.39 is 23.5 Å². The maximum atomic E-state index is 13.1. The number of hydrogen-bond donors (Lipinski definition) is 2. The fourth-order valence-corrected chi connectivity index (χ4v) is 3.39. The van der Waals surface area contributed by atoms with Crippen LogP contribution in [0.1, 0.15) is 28.9 Å². The Hall–Kier alpha value is -3.15. The number of carbonyl (C=O) groups excluding carboxylic acids is 1. The molecule has 4 rings (SSSR count). The lowest BCUT2D eigenvalue weighted by molar-refractivity contribution is -0.140. The van der Waals surface area contributed by atoms with Crippen LogP contribution >= 0.6 is 0 Å². The third kappa shape index (κ3) is 3.75. The first-order valence-electron chi connectivity index (χ1n) is 8.99. The van der Waals surface area contributed by atoms with Gasteiger partial charge in [0.25, 0.3) is 5.91 Å². The van der Waals surface area contributed by atoms with Gasteiger partial charge >= 0.3 is 6.18 Å². The maximum absolute atomic E-state index is 13.1. The molecule has 9 nitrogen and oxygen atoms in total. The fraction of sp³-hybridized carbons (Fsp3) is 0.412. The van der Waals surface area contributed by atoms with Crippen LogP contribution in [0, 0.1) is 0 Å². The van der Waals surface area contributed by atoms with Crippen molar-refractivity contribution in [1.82, 2.24) is 24.4 Å². The van der Waals surface area contributed by atoms with Crippen LogP contribution in [0.5, 0.6) is 0 Å². The van der Waals surface area contributed by atoms with E-state index in [1.165, 1.54) is 17.8 Å². The molecule has 1 aliphatic heterocycles. The predicted molar refractivity (Wildman–Crippen MR) is 98.6 cm³/mol. The second kappa shape index (κ2) is 7.03. The maximum Gasteiger partial charge on any atom is 0.437 e. The molecule has 154 valence electrons. The number of halogens is 3. The lowest BCUT2D eigenvalue weighted by Crippen LogP contribution is -2.43. The Balaban J connectivity index is 1.64. The molecular weight excluding hydrogens is 389 g/mol. The largest absolute Gasteiger partial charge is 0.437 e. The summed E-state index contributed by atoms with van der Waals surface area (Å²) in [5.74, 6) is -0.113. The normalized spacial score (nSPS) is 17.7. The van der Waals surface area contributed by atoms with Crippen LogP contribution < -0.4 is 16.0 Å². The Morgan fingerprint density at radius 2 is 2.17 bits per heavy atom. The van der Waals surface area contributed by atoms with Crippen molar-refractivity contribution in [3.63, 3.8) is 0 Å². The molecule has 1 aliphatic rings. The van der Waals surface area contributed by atoms with Crippen LogP contribution in [-0.4, -0.2) is 49.4 Å². The number of anilines is 2. The van der Waals surface area contributed by atoms with Crippen LogP contribution in [0.15, 0.2) is 24.7 Å². The van der Waals surface area contributed by atoms with E-state index in [1.807, 2.05) is 4.90 Å². The van der Waals surface area contributed by atoms with Crippen LogP contribution in [0.25, 0.3) is 5.65 Å². The summed E-state index contributed by atoms with van der Waals surface area (Å²) in [5.41, 5.74) is 4.73. The molecule has 0 saturated carbocycles. The molecule has 3 aromatic heterocycles. The smallest absolute Gasteiger partial charge is 0.355 e. The molecule has 29 heavy (non-hydrogen) atoms. The van der Waals surface area contributed by atoms with Crippen molar-refractivity contribution >= 4 is 23.1 Å². The summed E-state index contributed by atoms with van der Waals surface area (Å²) in [6.45, 7) is 1.43. The first-order chi connectivity index (χ1) is 13.7. The second-order valence-corrected chi connectivity index (χ2v) is 6.98. The number of hydrogen-bond acceptors (Lipinski definition) is 6. The molecule has 12 heteroatoms. The van der Waals surface area contributed by atoms with Crippen molar-refractivity contribution in [3.8, 4) is 0 Å². The molecule has 1 fully saturated rings. The van der Waals surface area contributed by atoms with Crippen molar-refractivity contribution in [3.05, 3.63) is 35.9 Å². The number of fused-ring (bicyclic) bond motifs is 1. The van der Waals surface area contributed by atoms with Crippen molar-refractivity contribution in [1.29, 1.82) is 0 Å². The molecule has 0 spiro atoms. The number of nitrogens with two attached hydrogens (primary N) is 1. The van der Waals surface area contributed by atoms with Gasteiger partial charge in [-0.2, -0.15) is 23.4 Å². The number of aryl methyl sites for hydroxylation is 1. The van der Waals surface area contributed by atoms with Crippen molar-refractivity contribution < 1.29 is 18.0 Å². The number of amides is 1. The monoisotopic (exact) mass is 408 g/mol. The van der Waals surface area contributed by atoms with E-state index in [9.17, 15) is 18.0 Å². The first-order valence-corrected chi connectivity index (χ1v) is 8.99. The standard InChI is InChI=1S/C17H19F3N8O/c1-26-9-12(14(25-26)17(18,19)20)23-16(29)11-7-22-28-6-4-13(24-15(11)28)27-5-2-3-10(21)8-27/h4,6-7,9-10H,2-3,5,8,21H2,1H3,(H,23,29). The lowest BCUT2D eigenvalue weighted by Gasteiger charge is -2.31. The van der Waals surface area contributed by atoms with Gasteiger partial charge in [-0.25, -0.2) is 9.50 Å². The van der Waals surface area contributed by atoms with Crippen LogP contribution in [0.2, 0.25) is 0 Å². The van der Waals surface area contributed by atoms with Crippen LogP contribution in [0.3, 0.4) is 0 Å². The zero-order valence-electron chi connectivity index (χ0n) is 15.5. The Labute approximate surface area is 163 Å². The molecule has 0 bridgehead atoms. The summed E-state index contributed by atoms with van der Waals surface area (Å²) in [6, 6.07) is 1.81. The summed E-state index contributed by atoms with van der Waals surface area (Å²) < 4.78 is 41.8. The van der Waals surface area contributed by atoms with Gasteiger partial charge in [-0.1, -0.05) is 0 Å². The average molecular weight is 408 g/mol. The topological polar surface area (TPSA) is 106 Å². The first kappa shape index (κ1) is 19.2. The molecule has 0 aliphatic carbocycles. The van der Waals surface area contributed by atoms with E-state index in [1.54, 1.807) is 12.3 Å². The predicted octanol–water partition coefficient (Wildman–Crippen LogP) is 1.66. The summed E-state index contributed by atoms with van der Waals surface area (Å²) in [5, 5.41) is 9.72.